The highest BCUT2D eigenvalue weighted by atomic mass is 16.3. The van der Waals surface area contributed by atoms with Crippen molar-refractivity contribution in [1.82, 2.24) is 9.55 Å². The molecule has 0 atom stereocenters. The molecule has 2 rings (SSSR count). The minimum Gasteiger partial charge on any atom is -0.394 e. The minimum absolute atomic E-state index is 0.0483. The molecular weight excluding hydrogens is 206 g/mol. The average molecular weight is 223 g/mol. The monoisotopic (exact) mass is 223 g/mol. The lowest BCUT2D eigenvalue weighted by atomic mass is 9.99. The molecule has 0 unspecified atom stereocenters. The lowest BCUT2D eigenvalue weighted by Crippen LogP contribution is -2.41. The summed E-state index contributed by atoms with van der Waals surface area (Å²) in [6.07, 6.45) is 7.16. The van der Waals surface area contributed by atoms with Crippen molar-refractivity contribution in [2.75, 3.05) is 11.9 Å². The first kappa shape index (κ1) is 11.1. The van der Waals surface area contributed by atoms with E-state index in [1.165, 1.54) is 4.57 Å². The third-order valence-electron chi connectivity index (χ3n) is 3.26. The third-order valence-corrected chi connectivity index (χ3v) is 3.26. The van der Waals surface area contributed by atoms with Gasteiger partial charge >= 0.3 is 0 Å². The number of hydrogen-bond acceptors (Lipinski definition) is 4. The number of nitrogens with zero attached hydrogens (tertiary/aromatic N) is 2. The average Bonchev–Trinajstić information content (AvgIpc) is 2.74. The van der Waals surface area contributed by atoms with Crippen LogP contribution in [0.2, 0.25) is 0 Å². The zero-order valence-corrected chi connectivity index (χ0v) is 9.44. The summed E-state index contributed by atoms with van der Waals surface area (Å²) in [5, 5.41) is 12.6. The fraction of sp³-hybridized carbons (Fsp3) is 0.636. The number of rotatable bonds is 3. The Balaban J connectivity index is 2.26. The smallest absolute Gasteiger partial charge is 0.293 e. The predicted molar refractivity (Wildman–Crippen MR) is 61.4 cm³/mol. The molecule has 0 amide bonds. The highest BCUT2D eigenvalue weighted by Gasteiger charge is 2.33. The number of aliphatic hydroxyl groups excluding tert-OH is 1. The molecule has 0 aliphatic heterocycles. The van der Waals surface area contributed by atoms with Crippen LogP contribution in [-0.4, -0.2) is 26.8 Å². The summed E-state index contributed by atoms with van der Waals surface area (Å²) in [4.78, 5) is 15.8. The van der Waals surface area contributed by atoms with E-state index in [1.54, 1.807) is 19.4 Å². The Kier molecular flexibility index (Phi) is 2.96. The van der Waals surface area contributed by atoms with Crippen LogP contribution in [0.25, 0.3) is 0 Å². The Morgan fingerprint density at radius 2 is 2.25 bits per heavy atom. The lowest BCUT2D eigenvalue weighted by molar-refractivity contribution is 0.213. The Hall–Kier alpha value is -1.36. The Morgan fingerprint density at radius 1 is 1.56 bits per heavy atom. The van der Waals surface area contributed by atoms with Gasteiger partial charge in [0.1, 0.15) is 0 Å². The van der Waals surface area contributed by atoms with Crippen LogP contribution in [0.15, 0.2) is 17.2 Å². The first-order valence-corrected chi connectivity index (χ1v) is 5.58. The van der Waals surface area contributed by atoms with Crippen LogP contribution in [-0.2, 0) is 7.05 Å². The molecule has 5 nitrogen and oxygen atoms in total. The number of nitrogens with one attached hydrogen (secondary N) is 1. The summed E-state index contributed by atoms with van der Waals surface area (Å²) in [6, 6.07) is 0. The second kappa shape index (κ2) is 4.25. The van der Waals surface area contributed by atoms with E-state index in [1.807, 2.05) is 0 Å². The largest absolute Gasteiger partial charge is 0.394 e. The molecule has 1 aliphatic carbocycles. The van der Waals surface area contributed by atoms with Gasteiger partial charge in [0.05, 0.1) is 12.1 Å². The van der Waals surface area contributed by atoms with E-state index in [-0.39, 0.29) is 17.7 Å². The van der Waals surface area contributed by atoms with E-state index in [0.29, 0.717) is 5.82 Å². The van der Waals surface area contributed by atoms with Crippen molar-refractivity contribution in [3.63, 3.8) is 0 Å². The van der Waals surface area contributed by atoms with Gasteiger partial charge < -0.3 is 15.0 Å². The Morgan fingerprint density at radius 3 is 2.88 bits per heavy atom. The predicted octanol–water partition coefficient (Wildman–Crippen LogP) is 0.497. The number of aromatic nitrogens is 2. The van der Waals surface area contributed by atoms with E-state index in [2.05, 4.69) is 10.3 Å². The van der Waals surface area contributed by atoms with Gasteiger partial charge in [0.2, 0.25) is 0 Å². The van der Waals surface area contributed by atoms with Gasteiger partial charge in [-0.3, -0.25) is 4.79 Å². The molecule has 1 heterocycles. The van der Waals surface area contributed by atoms with Crippen LogP contribution in [0.1, 0.15) is 25.7 Å². The third kappa shape index (κ3) is 1.95. The van der Waals surface area contributed by atoms with Crippen LogP contribution >= 0.6 is 0 Å². The molecule has 1 aromatic heterocycles. The molecule has 1 saturated carbocycles. The van der Waals surface area contributed by atoms with E-state index in [0.717, 1.165) is 25.7 Å². The van der Waals surface area contributed by atoms with Gasteiger partial charge in [-0.25, -0.2) is 4.98 Å². The molecule has 5 heteroatoms. The molecule has 0 bridgehead atoms. The van der Waals surface area contributed by atoms with Crippen molar-refractivity contribution >= 4 is 5.82 Å². The number of anilines is 1. The summed E-state index contributed by atoms with van der Waals surface area (Å²) in [6.45, 7) is 0.0483. The van der Waals surface area contributed by atoms with E-state index >= 15 is 0 Å². The van der Waals surface area contributed by atoms with Crippen LogP contribution in [0, 0.1) is 0 Å². The van der Waals surface area contributed by atoms with Crippen LogP contribution in [0.4, 0.5) is 5.82 Å². The minimum atomic E-state index is -0.347. The molecule has 0 spiro atoms. The second-order valence-electron chi connectivity index (χ2n) is 4.46. The maximum atomic E-state index is 11.8. The Bertz CT molecular complexity index is 421. The van der Waals surface area contributed by atoms with Crippen LogP contribution in [0.5, 0.6) is 0 Å². The van der Waals surface area contributed by atoms with Crippen molar-refractivity contribution in [1.29, 1.82) is 0 Å². The quantitative estimate of drug-likeness (QED) is 0.783. The normalized spacial score (nSPS) is 18.6. The molecule has 1 aliphatic rings. The van der Waals surface area contributed by atoms with Gasteiger partial charge in [-0.15, -0.1) is 0 Å². The SMILES string of the molecule is Cn1ccnc(NC2(CO)CCCC2)c1=O. The number of hydrogen-bond donors (Lipinski definition) is 2. The Labute approximate surface area is 94.1 Å². The molecule has 0 radical (unpaired) electrons. The van der Waals surface area contributed by atoms with Crippen molar-refractivity contribution in [2.24, 2.45) is 7.05 Å². The first-order chi connectivity index (χ1) is 7.67. The van der Waals surface area contributed by atoms with Crippen molar-refractivity contribution < 1.29 is 5.11 Å². The number of aliphatic hydroxyl groups is 1. The molecule has 16 heavy (non-hydrogen) atoms. The molecule has 1 fully saturated rings. The highest BCUT2D eigenvalue weighted by molar-refractivity contribution is 5.35. The van der Waals surface area contributed by atoms with Crippen LogP contribution < -0.4 is 10.9 Å². The second-order valence-corrected chi connectivity index (χ2v) is 4.46. The van der Waals surface area contributed by atoms with Gasteiger partial charge in [-0.1, -0.05) is 12.8 Å². The summed E-state index contributed by atoms with van der Waals surface area (Å²) in [5.41, 5.74) is -0.497. The standard InChI is InChI=1S/C11H17N3O2/c1-14-7-6-12-9(10(14)16)13-11(8-15)4-2-3-5-11/h6-7,15H,2-5,8H2,1H3,(H,12,13). The molecule has 2 N–H and O–H groups in total. The maximum Gasteiger partial charge on any atom is 0.293 e. The van der Waals surface area contributed by atoms with Gasteiger partial charge in [0.15, 0.2) is 5.82 Å². The molecule has 0 aromatic carbocycles. The van der Waals surface area contributed by atoms with Gasteiger partial charge in [0, 0.05) is 19.4 Å². The zero-order valence-electron chi connectivity index (χ0n) is 9.44. The fourth-order valence-corrected chi connectivity index (χ4v) is 2.21. The summed E-state index contributed by atoms with van der Waals surface area (Å²) in [7, 11) is 1.69. The summed E-state index contributed by atoms with van der Waals surface area (Å²) in [5.74, 6) is 0.334. The molecule has 1 aromatic rings. The molecule has 88 valence electrons. The number of aryl methyl sites for hydroxylation is 1. The van der Waals surface area contributed by atoms with Crippen molar-refractivity contribution in [2.45, 2.75) is 31.2 Å². The maximum absolute atomic E-state index is 11.8. The van der Waals surface area contributed by atoms with E-state index < -0.39 is 0 Å². The zero-order chi connectivity index (χ0) is 11.6. The van der Waals surface area contributed by atoms with Gasteiger partial charge in [-0.2, -0.15) is 0 Å². The van der Waals surface area contributed by atoms with Crippen LogP contribution in [0.3, 0.4) is 0 Å². The van der Waals surface area contributed by atoms with Crippen molar-refractivity contribution in [3.8, 4) is 0 Å². The summed E-state index contributed by atoms with van der Waals surface area (Å²) < 4.78 is 1.48. The van der Waals surface area contributed by atoms with E-state index in [9.17, 15) is 9.90 Å². The van der Waals surface area contributed by atoms with E-state index in [4.69, 9.17) is 0 Å². The topological polar surface area (TPSA) is 67.2 Å². The highest BCUT2D eigenvalue weighted by Crippen LogP contribution is 2.31. The van der Waals surface area contributed by atoms with Crippen molar-refractivity contribution in [3.05, 3.63) is 22.7 Å². The first-order valence-electron chi connectivity index (χ1n) is 5.58. The molecule has 0 saturated heterocycles. The molecular formula is C11H17N3O2. The fourth-order valence-electron chi connectivity index (χ4n) is 2.21. The van der Waals surface area contributed by atoms with Gasteiger partial charge in [-0.05, 0) is 12.8 Å². The lowest BCUT2D eigenvalue weighted by Gasteiger charge is -2.28. The van der Waals surface area contributed by atoms with Gasteiger partial charge in [0.25, 0.3) is 5.56 Å². The summed E-state index contributed by atoms with van der Waals surface area (Å²) >= 11 is 0.